The zero-order valence-electron chi connectivity index (χ0n) is 18.2. The molecule has 0 saturated carbocycles. The first-order valence-corrected chi connectivity index (χ1v) is 10.6. The fourth-order valence-corrected chi connectivity index (χ4v) is 3.40. The largest absolute Gasteiger partial charge is 0.493 e. The third kappa shape index (κ3) is 5.30. The normalized spacial score (nSPS) is 10.6. The highest BCUT2D eigenvalue weighted by molar-refractivity contribution is 6.32. The Morgan fingerprint density at radius 2 is 1.85 bits per heavy atom. The number of para-hydroxylation sites is 1. The number of hydrogen-bond acceptors (Lipinski definition) is 6. The molecule has 2 aromatic carbocycles. The minimum atomic E-state index is -0.388. The van der Waals surface area contributed by atoms with Gasteiger partial charge >= 0.3 is 0 Å². The molecule has 8 nitrogen and oxygen atoms in total. The summed E-state index contributed by atoms with van der Waals surface area (Å²) in [6, 6.07) is 16.5. The van der Waals surface area contributed by atoms with E-state index >= 15 is 0 Å². The third-order valence-electron chi connectivity index (χ3n) is 4.88. The Labute approximate surface area is 196 Å². The molecule has 0 bridgehead atoms. The van der Waals surface area contributed by atoms with Crippen molar-refractivity contribution in [1.29, 1.82) is 0 Å². The average molecular weight is 464 g/mol. The van der Waals surface area contributed by atoms with Crippen LogP contribution >= 0.6 is 11.6 Å². The monoisotopic (exact) mass is 463 g/mol. The van der Waals surface area contributed by atoms with Crippen molar-refractivity contribution in [3.8, 4) is 17.2 Å². The molecule has 0 radical (unpaired) electrons. The van der Waals surface area contributed by atoms with Crippen molar-refractivity contribution < 1.29 is 14.3 Å². The first-order chi connectivity index (χ1) is 16.0. The van der Waals surface area contributed by atoms with Crippen molar-refractivity contribution in [1.82, 2.24) is 25.1 Å². The smallest absolute Gasteiger partial charge is 0.291 e. The molecule has 1 amide bonds. The number of amides is 1. The lowest BCUT2D eigenvalue weighted by Gasteiger charge is -2.12. The second-order valence-electron chi connectivity index (χ2n) is 7.16. The Bertz CT molecular complexity index is 1260. The molecule has 4 rings (SSSR count). The van der Waals surface area contributed by atoms with Crippen molar-refractivity contribution in [3.63, 3.8) is 0 Å². The van der Waals surface area contributed by atoms with E-state index in [-0.39, 0.29) is 18.3 Å². The van der Waals surface area contributed by atoms with Gasteiger partial charge in [0, 0.05) is 18.9 Å². The minimum absolute atomic E-state index is 0.0664. The number of aryl methyl sites for hydroxylation is 1. The second kappa shape index (κ2) is 10.1. The summed E-state index contributed by atoms with van der Waals surface area (Å²) in [6.07, 6.45) is 3.44. The summed E-state index contributed by atoms with van der Waals surface area (Å²) in [6.45, 7) is 2.44. The van der Waals surface area contributed by atoms with Crippen LogP contribution in [0.25, 0.3) is 5.69 Å². The van der Waals surface area contributed by atoms with Crippen molar-refractivity contribution in [2.45, 2.75) is 20.1 Å². The Balaban J connectivity index is 1.41. The summed E-state index contributed by atoms with van der Waals surface area (Å²) in [4.78, 5) is 20.9. The number of pyridine rings is 1. The minimum Gasteiger partial charge on any atom is -0.493 e. The zero-order valence-corrected chi connectivity index (χ0v) is 18.9. The van der Waals surface area contributed by atoms with Crippen LogP contribution in [0.4, 0.5) is 0 Å². The molecule has 0 spiro atoms. The number of carbonyl (C=O) groups is 1. The topological polar surface area (TPSA) is 91.2 Å². The van der Waals surface area contributed by atoms with E-state index < -0.39 is 0 Å². The Kier molecular flexibility index (Phi) is 6.85. The van der Waals surface area contributed by atoms with Crippen molar-refractivity contribution in [2.24, 2.45) is 0 Å². The molecule has 0 aliphatic carbocycles. The van der Waals surface area contributed by atoms with Crippen LogP contribution in [0.2, 0.25) is 5.02 Å². The fourth-order valence-electron chi connectivity index (χ4n) is 3.18. The van der Waals surface area contributed by atoms with Crippen molar-refractivity contribution in [3.05, 3.63) is 94.8 Å². The number of ether oxygens (including phenoxy) is 2. The van der Waals surface area contributed by atoms with Crippen LogP contribution in [-0.4, -0.2) is 32.8 Å². The number of methoxy groups -OCH3 is 1. The number of nitrogens with one attached hydrogen (secondary N) is 1. The molecule has 168 valence electrons. The number of benzene rings is 2. The number of aromatic nitrogens is 4. The van der Waals surface area contributed by atoms with Crippen molar-refractivity contribution in [2.75, 3.05) is 7.11 Å². The van der Waals surface area contributed by atoms with Gasteiger partial charge in [-0.25, -0.2) is 9.67 Å². The predicted molar refractivity (Wildman–Crippen MR) is 124 cm³/mol. The highest BCUT2D eigenvalue weighted by Gasteiger charge is 2.16. The molecule has 33 heavy (non-hydrogen) atoms. The third-order valence-corrected chi connectivity index (χ3v) is 5.20. The lowest BCUT2D eigenvalue weighted by atomic mass is 10.2. The molecule has 0 aliphatic rings. The van der Waals surface area contributed by atoms with Gasteiger partial charge in [0.25, 0.3) is 5.91 Å². The molecule has 4 aromatic rings. The molecule has 0 fully saturated rings. The molecule has 9 heteroatoms. The number of halogens is 1. The van der Waals surface area contributed by atoms with Gasteiger partial charge in [-0.15, -0.1) is 5.10 Å². The first kappa shape index (κ1) is 22.3. The quantitative estimate of drug-likeness (QED) is 0.422. The molecule has 2 aromatic heterocycles. The standard InChI is InChI=1S/C24H22ClN5O3/c1-16-28-23(29-30(16)20-6-4-3-5-19(20)25)24(31)27-14-18-7-8-21(22(13-18)32-2)33-15-17-9-11-26-12-10-17/h3-13H,14-15H2,1-2H3,(H,27,31). The van der Waals surface area contributed by atoms with Crippen LogP contribution < -0.4 is 14.8 Å². The molecule has 0 atom stereocenters. The van der Waals surface area contributed by atoms with E-state index in [0.29, 0.717) is 34.6 Å². The van der Waals surface area contributed by atoms with Gasteiger partial charge in [0.05, 0.1) is 17.8 Å². The summed E-state index contributed by atoms with van der Waals surface area (Å²) >= 11 is 6.25. The fraction of sp³-hybridized carbons (Fsp3) is 0.167. The lowest BCUT2D eigenvalue weighted by molar-refractivity contribution is 0.0940. The van der Waals surface area contributed by atoms with Gasteiger partial charge in [-0.3, -0.25) is 9.78 Å². The summed E-state index contributed by atoms with van der Waals surface area (Å²) in [5.74, 6) is 1.43. The van der Waals surface area contributed by atoms with Crippen molar-refractivity contribution >= 4 is 17.5 Å². The second-order valence-corrected chi connectivity index (χ2v) is 7.57. The van der Waals surface area contributed by atoms with E-state index in [1.54, 1.807) is 37.2 Å². The van der Waals surface area contributed by atoms with Crippen LogP contribution in [-0.2, 0) is 13.2 Å². The lowest BCUT2D eigenvalue weighted by Crippen LogP contribution is -2.24. The number of carbonyl (C=O) groups excluding carboxylic acids is 1. The summed E-state index contributed by atoms with van der Waals surface area (Å²) in [5, 5.41) is 7.67. The van der Waals surface area contributed by atoms with E-state index in [4.69, 9.17) is 21.1 Å². The maximum Gasteiger partial charge on any atom is 0.291 e. The Morgan fingerprint density at radius 3 is 2.61 bits per heavy atom. The predicted octanol–water partition coefficient (Wildman–Crippen LogP) is 4.14. The summed E-state index contributed by atoms with van der Waals surface area (Å²) in [5.41, 5.74) is 2.51. The molecule has 0 unspecified atom stereocenters. The van der Waals surface area contributed by atoms with Gasteiger partial charge in [0.15, 0.2) is 11.5 Å². The first-order valence-electron chi connectivity index (χ1n) is 10.2. The van der Waals surface area contributed by atoms with Crippen LogP contribution in [0.15, 0.2) is 67.0 Å². The molecular weight excluding hydrogens is 442 g/mol. The average Bonchev–Trinajstić information content (AvgIpc) is 3.23. The van der Waals surface area contributed by atoms with Crippen LogP contribution in [0, 0.1) is 6.92 Å². The molecule has 0 saturated heterocycles. The summed E-state index contributed by atoms with van der Waals surface area (Å²) < 4.78 is 12.9. The maximum absolute atomic E-state index is 12.6. The molecule has 2 heterocycles. The van der Waals surface area contributed by atoms with E-state index in [9.17, 15) is 4.79 Å². The van der Waals surface area contributed by atoms with E-state index in [2.05, 4.69) is 20.4 Å². The number of hydrogen-bond donors (Lipinski definition) is 1. The van der Waals surface area contributed by atoms with Crippen LogP contribution in [0.3, 0.4) is 0 Å². The van der Waals surface area contributed by atoms with Crippen LogP contribution in [0.5, 0.6) is 11.5 Å². The number of rotatable bonds is 8. The molecule has 1 N–H and O–H groups in total. The number of nitrogens with zero attached hydrogens (tertiary/aromatic N) is 4. The van der Waals surface area contributed by atoms with E-state index in [1.165, 1.54) is 0 Å². The highest BCUT2D eigenvalue weighted by atomic mass is 35.5. The molecule has 0 aliphatic heterocycles. The van der Waals surface area contributed by atoms with Gasteiger partial charge in [0.2, 0.25) is 5.82 Å². The van der Waals surface area contributed by atoms with Crippen LogP contribution in [0.1, 0.15) is 27.6 Å². The zero-order chi connectivity index (χ0) is 23.2. The van der Waals surface area contributed by atoms with Gasteiger partial charge in [0.1, 0.15) is 12.4 Å². The molecular formula is C24H22ClN5O3. The van der Waals surface area contributed by atoms with Gasteiger partial charge in [-0.05, 0) is 54.4 Å². The maximum atomic E-state index is 12.6. The van der Waals surface area contributed by atoms with E-state index in [1.807, 2.05) is 48.5 Å². The van der Waals surface area contributed by atoms with E-state index in [0.717, 1.165) is 11.1 Å². The summed E-state index contributed by atoms with van der Waals surface area (Å²) in [7, 11) is 1.57. The van der Waals surface area contributed by atoms with Gasteiger partial charge in [-0.1, -0.05) is 29.8 Å². The SMILES string of the molecule is COc1cc(CNC(=O)c2nc(C)n(-c3ccccc3Cl)n2)ccc1OCc1ccncc1. The Morgan fingerprint density at radius 1 is 1.06 bits per heavy atom. The highest BCUT2D eigenvalue weighted by Crippen LogP contribution is 2.29. The Hall–Kier alpha value is -3.91. The van der Waals surface area contributed by atoms with Gasteiger partial charge in [-0.2, -0.15) is 0 Å². The van der Waals surface area contributed by atoms with Gasteiger partial charge < -0.3 is 14.8 Å².